The van der Waals surface area contributed by atoms with Gasteiger partial charge >= 0.3 is 0 Å². The topological polar surface area (TPSA) is 46.2 Å². The third-order valence-corrected chi connectivity index (χ3v) is 2.33. The van der Waals surface area contributed by atoms with Crippen LogP contribution in [0, 0.1) is 5.92 Å². The van der Waals surface area contributed by atoms with E-state index in [0.717, 1.165) is 12.8 Å². The summed E-state index contributed by atoms with van der Waals surface area (Å²) in [5.41, 5.74) is -0.123. The van der Waals surface area contributed by atoms with Gasteiger partial charge in [-0.1, -0.05) is 6.92 Å². The molecule has 0 aliphatic heterocycles. The normalized spacial score (nSPS) is 33.8. The van der Waals surface area contributed by atoms with E-state index < -0.39 is 11.7 Å². The monoisotopic (exact) mass is 169 g/mol. The highest BCUT2D eigenvalue weighted by atomic mass is 16.2. The molecule has 1 rings (SSSR count). The fraction of sp³-hybridized carbons (Fsp3) is 0.778. The van der Waals surface area contributed by atoms with Crippen molar-refractivity contribution in [1.29, 1.82) is 0 Å². The highest BCUT2D eigenvalue weighted by Crippen LogP contribution is 2.36. The van der Waals surface area contributed by atoms with Crippen molar-refractivity contribution in [3.8, 4) is 0 Å². The summed E-state index contributed by atoms with van der Waals surface area (Å²) in [5.74, 6) is -0.192. The van der Waals surface area contributed by atoms with E-state index in [1.165, 1.54) is 6.92 Å². The molecule has 1 amide bonds. The maximum atomic E-state index is 11.0. The number of rotatable bonds is 2. The van der Waals surface area contributed by atoms with E-state index >= 15 is 0 Å². The maximum absolute atomic E-state index is 11.0. The average Bonchev–Trinajstić information content (AvgIpc) is 1.83. The van der Waals surface area contributed by atoms with E-state index in [1.807, 2.05) is 6.92 Å². The molecular formula is C9H15NO2. The number of ketones is 1. The van der Waals surface area contributed by atoms with Gasteiger partial charge in [0.25, 0.3) is 5.91 Å². The summed E-state index contributed by atoms with van der Waals surface area (Å²) in [6.45, 7) is 5.41. The zero-order valence-electron chi connectivity index (χ0n) is 7.81. The largest absolute Gasteiger partial charge is 0.344 e. The average molecular weight is 169 g/mol. The molecule has 68 valence electrons. The Morgan fingerprint density at radius 3 is 2.25 bits per heavy atom. The Bertz CT molecular complexity index is 217. The Hall–Kier alpha value is -0.860. The summed E-state index contributed by atoms with van der Waals surface area (Å²) in [6.07, 6.45) is 1.96. The van der Waals surface area contributed by atoms with Gasteiger partial charge in [-0.05, 0) is 25.7 Å². The van der Waals surface area contributed by atoms with Gasteiger partial charge in [-0.15, -0.1) is 0 Å². The fourth-order valence-electron chi connectivity index (χ4n) is 1.94. The van der Waals surface area contributed by atoms with Crippen LogP contribution in [0.4, 0.5) is 0 Å². The van der Waals surface area contributed by atoms with Crippen LogP contribution in [-0.4, -0.2) is 17.2 Å². The molecule has 1 N–H and O–H groups in total. The van der Waals surface area contributed by atoms with Crippen LogP contribution in [-0.2, 0) is 9.59 Å². The molecule has 1 fully saturated rings. The van der Waals surface area contributed by atoms with E-state index in [1.54, 1.807) is 0 Å². The molecule has 12 heavy (non-hydrogen) atoms. The van der Waals surface area contributed by atoms with Crippen molar-refractivity contribution in [2.24, 2.45) is 5.92 Å². The Kier molecular flexibility index (Phi) is 2.22. The van der Waals surface area contributed by atoms with Crippen molar-refractivity contribution in [2.75, 3.05) is 0 Å². The van der Waals surface area contributed by atoms with Crippen molar-refractivity contribution in [1.82, 2.24) is 5.32 Å². The molecule has 3 heteroatoms. The summed E-state index contributed by atoms with van der Waals surface area (Å²) < 4.78 is 0. The van der Waals surface area contributed by atoms with Gasteiger partial charge in [-0.2, -0.15) is 0 Å². The number of carbonyl (C=O) groups is 2. The zero-order valence-corrected chi connectivity index (χ0v) is 7.81. The first-order chi connectivity index (χ1) is 5.43. The van der Waals surface area contributed by atoms with Crippen LogP contribution < -0.4 is 5.32 Å². The van der Waals surface area contributed by atoms with Crippen LogP contribution in [0.3, 0.4) is 0 Å². The fourth-order valence-corrected chi connectivity index (χ4v) is 1.94. The summed E-state index contributed by atoms with van der Waals surface area (Å²) in [6, 6.07) is 0. The van der Waals surface area contributed by atoms with Crippen LogP contribution in [0.2, 0.25) is 0 Å². The summed E-state index contributed by atoms with van der Waals surface area (Å²) in [5, 5.41) is 2.73. The number of hydrogen-bond donors (Lipinski definition) is 1. The highest BCUT2D eigenvalue weighted by Gasteiger charge is 2.39. The lowest BCUT2D eigenvalue weighted by molar-refractivity contribution is -0.138. The molecule has 1 aliphatic carbocycles. The molecule has 0 aromatic rings. The number of carbonyl (C=O) groups excluding carboxylic acids is 2. The van der Waals surface area contributed by atoms with Gasteiger partial charge in [0.05, 0.1) is 0 Å². The summed E-state index contributed by atoms with van der Waals surface area (Å²) in [4.78, 5) is 21.6. The third kappa shape index (κ3) is 1.84. The molecule has 3 nitrogen and oxygen atoms in total. The van der Waals surface area contributed by atoms with E-state index in [4.69, 9.17) is 0 Å². The van der Waals surface area contributed by atoms with Crippen molar-refractivity contribution in [2.45, 2.75) is 39.2 Å². The van der Waals surface area contributed by atoms with Gasteiger partial charge in [0.2, 0.25) is 5.78 Å². The van der Waals surface area contributed by atoms with Gasteiger partial charge in [-0.25, -0.2) is 0 Å². The highest BCUT2D eigenvalue weighted by molar-refractivity contribution is 6.35. The smallest absolute Gasteiger partial charge is 0.287 e. The van der Waals surface area contributed by atoms with E-state index in [-0.39, 0.29) is 5.54 Å². The Morgan fingerprint density at radius 2 is 1.92 bits per heavy atom. The van der Waals surface area contributed by atoms with Crippen molar-refractivity contribution in [3.63, 3.8) is 0 Å². The van der Waals surface area contributed by atoms with Crippen LogP contribution in [0.1, 0.15) is 33.6 Å². The van der Waals surface area contributed by atoms with Gasteiger partial charge in [-0.3, -0.25) is 9.59 Å². The number of nitrogens with one attached hydrogen (secondary N) is 1. The minimum absolute atomic E-state index is 0.123. The van der Waals surface area contributed by atoms with Crippen LogP contribution in [0.15, 0.2) is 0 Å². The standard InChI is InChI=1S/C9H15NO2/c1-6-4-9(3,5-6)10-8(12)7(2)11/h6H,4-5H2,1-3H3,(H,10,12). The van der Waals surface area contributed by atoms with E-state index in [2.05, 4.69) is 12.2 Å². The number of Topliss-reactive ketones (excluding diaryl/α,β-unsaturated/α-hetero) is 1. The molecule has 0 bridgehead atoms. The molecule has 1 aliphatic rings. The number of hydrogen-bond acceptors (Lipinski definition) is 2. The van der Waals surface area contributed by atoms with Gasteiger partial charge < -0.3 is 5.32 Å². The van der Waals surface area contributed by atoms with Gasteiger partial charge in [0, 0.05) is 12.5 Å². The van der Waals surface area contributed by atoms with Crippen molar-refractivity contribution >= 4 is 11.7 Å². The van der Waals surface area contributed by atoms with E-state index in [9.17, 15) is 9.59 Å². The molecule has 0 aromatic heterocycles. The van der Waals surface area contributed by atoms with Gasteiger partial charge in [0.15, 0.2) is 0 Å². The Balaban J connectivity index is 2.42. The molecule has 0 aromatic carbocycles. The molecule has 0 heterocycles. The maximum Gasteiger partial charge on any atom is 0.287 e. The van der Waals surface area contributed by atoms with Crippen molar-refractivity contribution in [3.05, 3.63) is 0 Å². The molecule has 1 saturated carbocycles. The SMILES string of the molecule is CC(=O)C(=O)NC1(C)CC(C)C1. The lowest BCUT2D eigenvalue weighted by Crippen LogP contribution is -2.55. The first kappa shape index (κ1) is 9.23. The predicted octanol–water partition coefficient (Wildman–Crippen LogP) is 0.880. The molecular weight excluding hydrogens is 154 g/mol. The molecule has 0 atom stereocenters. The molecule has 0 saturated heterocycles. The second kappa shape index (κ2) is 2.88. The quantitative estimate of drug-likeness (QED) is 0.624. The van der Waals surface area contributed by atoms with Gasteiger partial charge in [0.1, 0.15) is 0 Å². The van der Waals surface area contributed by atoms with Crippen LogP contribution in [0.5, 0.6) is 0 Å². The van der Waals surface area contributed by atoms with Crippen molar-refractivity contribution < 1.29 is 9.59 Å². The third-order valence-electron chi connectivity index (χ3n) is 2.33. The molecule has 0 radical (unpaired) electrons. The number of amides is 1. The lowest BCUT2D eigenvalue weighted by Gasteiger charge is -2.44. The first-order valence-corrected chi connectivity index (χ1v) is 4.26. The lowest BCUT2D eigenvalue weighted by atomic mass is 9.70. The van der Waals surface area contributed by atoms with Crippen LogP contribution in [0.25, 0.3) is 0 Å². The molecule has 0 unspecified atom stereocenters. The summed E-state index contributed by atoms with van der Waals surface area (Å²) >= 11 is 0. The second-order valence-electron chi connectivity index (χ2n) is 4.08. The van der Waals surface area contributed by atoms with Crippen LogP contribution >= 0.6 is 0 Å². The van der Waals surface area contributed by atoms with E-state index in [0.29, 0.717) is 5.92 Å². The predicted molar refractivity (Wildman–Crippen MR) is 45.6 cm³/mol. The zero-order chi connectivity index (χ0) is 9.35. The minimum atomic E-state index is -0.454. The first-order valence-electron chi connectivity index (χ1n) is 4.26. The second-order valence-corrected chi connectivity index (χ2v) is 4.08. The molecule has 0 spiro atoms. The Morgan fingerprint density at radius 1 is 1.42 bits per heavy atom. The minimum Gasteiger partial charge on any atom is -0.344 e. The Labute approximate surface area is 72.5 Å². The summed E-state index contributed by atoms with van der Waals surface area (Å²) in [7, 11) is 0.